The van der Waals surface area contributed by atoms with Gasteiger partial charge in [0.15, 0.2) is 0 Å². The molecular weight excluding hydrogens is 244 g/mol. The summed E-state index contributed by atoms with van der Waals surface area (Å²) in [6.07, 6.45) is 0. The molecule has 0 atom stereocenters. The normalized spacial score (nSPS) is 10.9. The molecule has 0 radical (unpaired) electrons. The second-order valence-electron chi connectivity index (χ2n) is 5.14. The lowest BCUT2D eigenvalue weighted by atomic mass is 10.1. The zero-order chi connectivity index (χ0) is 14.5. The summed E-state index contributed by atoms with van der Waals surface area (Å²) in [5, 5.41) is 11.6. The summed E-state index contributed by atoms with van der Waals surface area (Å²) in [4.78, 5) is 25.0. The molecule has 0 aliphatic rings. The maximum absolute atomic E-state index is 11.9. The molecule has 0 bridgehead atoms. The highest BCUT2D eigenvalue weighted by Crippen LogP contribution is 2.04. The number of carbonyl (C=O) groups is 2. The van der Waals surface area contributed by atoms with E-state index < -0.39 is 17.4 Å². The summed E-state index contributed by atoms with van der Waals surface area (Å²) in [7, 11) is 1.57. The third-order valence-electron chi connectivity index (χ3n) is 2.65. The lowest BCUT2D eigenvalue weighted by Gasteiger charge is -2.24. The van der Waals surface area contributed by atoms with E-state index in [1.165, 1.54) is 4.90 Å². The average molecular weight is 264 g/mol. The minimum atomic E-state index is -0.805. The summed E-state index contributed by atoms with van der Waals surface area (Å²) in [6.45, 7) is 3.44. The van der Waals surface area contributed by atoms with E-state index in [1.807, 2.05) is 30.3 Å². The topological polar surface area (TPSA) is 69.6 Å². The van der Waals surface area contributed by atoms with Crippen molar-refractivity contribution >= 4 is 11.8 Å². The first kappa shape index (κ1) is 15.2. The van der Waals surface area contributed by atoms with Crippen LogP contribution in [0, 0.1) is 0 Å². The Labute approximate surface area is 113 Å². The van der Waals surface area contributed by atoms with E-state index in [9.17, 15) is 9.59 Å². The molecule has 2 N–H and O–H groups in total. The van der Waals surface area contributed by atoms with Gasteiger partial charge in [0.05, 0.1) is 12.1 Å². The number of hydrogen-bond donors (Lipinski definition) is 2. The molecule has 104 valence electrons. The minimum absolute atomic E-state index is 0.228. The van der Waals surface area contributed by atoms with Gasteiger partial charge in [0, 0.05) is 13.6 Å². The van der Waals surface area contributed by atoms with Crippen molar-refractivity contribution in [2.45, 2.75) is 25.9 Å². The van der Waals surface area contributed by atoms with Gasteiger partial charge in [-0.2, -0.15) is 0 Å². The lowest BCUT2D eigenvalue weighted by Crippen LogP contribution is -2.51. The Balaban J connectivity index is 2.60. The van der Waals surface area contributed by atoms with E-state index in [-0.39, 0.29) is 6.61 Å². The number of nitrogens with one attached hydrogen (secondary N) is 1. The maximum Gasteiger partial charge on any atom is 0.311 e. The molecule has 5 nitrogen and oxygen atoms in total. The first-order valence-electron chi connectivity index (χ1n) is 6.08. The van der Waals surface area contributed by atoms with Gasteiger partial charge in [-0.15, -0.1) is 0 Å². The van der Waals surface area contributed by atoms with E-state index in [0.29, 0.717) is 6.54 Å². The van der Waals surface area contributed by atoms with Crippen LogP contribution in [0.1, 0.15) is 19.4 Å². The van der Waals surface area contributed by atoms with Gasteiger partial charge >= 0.3 is 11.8 Å². The van der Waals surface area contributed by atoms with Crippen LogP contribution >= 0.6 is 0 Å². The Morgan fingerprint density at radius 2 is 1.84 bits per heavy atom. The van der Waals surface area contributed by atoms with Crippen LogP contribution in [0.15, 0.2) is 30.3 Å². The second kappa shape index (κ2) is 6.33. The number of carbonyl (C=O) groups excluding carboxylic acids is 2. The molecule has 0 aromatic heterocycles. The smallest absolute Gasteiger partial charge is 0.311 e. The monoisotopic (exact) mass is 264 g/mol. The Hall–Kier alpha value is -1.88. The third kappa shape index (κ3) is 4.71. The maximum atomic E-state index is 11.9. The molecule has 0 heterocycles. The molecular formula is C14H20N2O3. The van der Waals surface area contributed by atoms with Gasteiger partial charge in [-0.3, -0.25) is 9.59 Å². The van der Waals surface area contributed by atoms with Gasteiger partial charge in [-0.05, 0) is 19.4 Å². The van der Waals surface area contributed by atoms with Gasteiger partial charge in [0.1, 0.15) is 0 Å². The number of nitrogens with zero attached hydrogens (tertiary/aromatic N) is 1. The first-order valence-corrected chi connectivity index (χ1v) is 6.08. The SMILES string of the molecule is CN(Cc1ccccc1)C(=O)C(=O)NC(C)(C)CO. The fraction of sp³-hybridized carbons (Fsp3) is 0.429. The Morgan fingerprint density at radius 1 is 1.26 bits per heavy atom. The fourth-order valence-electron chi connectivity index (χ4n) is 1.50. The second-order valence-corrected chi connectivity index (χ2v) is 5.14. The summed E-state index contributed by atoms with van der Waals surface area (Å²) in [5.74, 6) is -1.33. The van der Waals surface area contributed by atoms with Crippen LogP contribution < -0.4 is 5.32 Å². The van der Waals surface area contributed by atoms with E-state index in [1.54, 1.807) is 20.9 Å². The average Bonchev–Trinajstić information content (AvgIpc) is 2.38. The first-order chi connectivity index (χ1) is 8.85. The van der Waals surface area contributed by atoms with Crippen LogP contribution in [-0.2, 0) is 16.1 Å². The third-order valence-corrected chi connectivity index (χ3v) is 2.65. The molecule has 1 aromatic rings. The summed E-state index contributed by atoms with van der Waals surface area (Å²) in [5.41, 5.74) is 0.146. The van der Waals surface area contributed by atoms with Crippen molar-refractivity contribution in [3.63, 3.8) is 0 Å². The molecule has 2 amide bonds. The van der Waals surface area contributed by atoms with Crippen molar-refractivity contribution < 1.29 is 14.7 Å². The molecule has 0 aliphatic carbocycles. The predicted octanol–water partition coefficient (Wildman–Crippen LogP) is 0.532. The summed E-state index contributed by atoms with van der Waals surface area (Å²) >= 11 is 0. The Kier molecular flexibility index (Phi) is 5.06. The molecule has 0 saturated carbocycles. The quantitative estimate of drug-likeness (QED) is 0.779. The number of aliphatic hydroxyl groups is 1. The molecule has 0 saturated heterocycles. The molecule has 1 aromatic carbocycles. The minimum Gasteiger partial charge on any atom is -0.394 e. The number of amides is 2. The standard InChI is InChI=1S/C14H20N2O3/c1-14(2,10-17)15-12(18)13(19)16(3)9-11-7-5-4-6-8-11/h4-8,17H,9-10H2,1-3H3,(H,15,18). The van der Waals surface area contributed by atoms with Crippen LogP contribution in [0.25, 0.3) is 0 Å². The molecule has 1 rings (SSSR count). The highest BCUT2D eigenvalue weighted by molar-refractivity contribution is 6.35. The van der Waals surface area contributed by atoms with Gasteiger partial charge in [-0.1, -0.05) is 30.3 Å². The number of aliphatic hydroxyl groups excluding tert-OH is 1. The van der Waals surface area contributed by atoms with Crippen LogP contribution in [0.5, 0.6) is 0 Å². The van der Waals surface area contributed by atoms with Crippen molar-refractivity contribution in [1.82, 2.24) is 10.2 Å². The number of benzene rings is 1. The van der Waals surface area contributed by atoms with Crippen molar-refractivity contribution in [1.29, 1.82) is 0 Å². The van der Waals surface area contributed by atoms with E-state index in [0.717, 1.165) is 5.56 Å². The fourth-order valence-corrected chi connectivity index (χ4v) is 1.50. The molecule has 19 heavy (non-hydrogen) atoms. The number of likely N-dealkylation sites (N-methyl/N-ethyl adjacent to an activating group) is 1. The molecule has 0 unspecified atom stereocenters. The zero-order valence-corrected chi connectivity index (χ0v) is 11.5. The van der Waals surface area contributed by atoms with Gasteiger partial charge in [0.2, 0.25) is 0 Å². The predicted molar refractivity (Wildman–Crippen MR) is 72.2 cm³/mol. The molecule has 0 spiro atoms. The van der Waals surface area contributed by atoms with E-state index in [4.69, 9.17) is 5.11 Å². The van der Waals surface area contributed by atoms with Crippen molar-refractivity contribution in [2.24, 2.45) is 0 Å². The lowest BCUT2D eigenvalue weighted by molar-refractivity contribution is -0.146. The van der Waals surface area contributed by atoms with E-state index >= 15 is 0 Å². The van der Waals surface area contributed by atoms with Crippen molar-refractivity contribution in [2.75, 3.05) is 13.7 Å². The number of rotatable bonds is 4. The summed E-state index contributed by atoms with van der Waals surface area (Å²) in [6, 6.07) is 9.42. The Bertz CT molecular complexity index is 443. The van der Waals surface area contributed by atoms with Gasteiger partial charge in [0.25, 0.3) is 0 Å². The van der Waals surface area contributed by atoms with Crippen LogP contribution in [0.4, 0.5) is 0 Å². The molecule has 0 fully saturated rings. The molecule has 0 aliphatic heterocycles. The zero-order valence-electron chi connectivity index (χ0n) is 11.5. The van der Waals surface area contributed by atoms with Gasteiger partial charge in [-0.25, -0.2) is 0 Å². The highest BCUT2D eigenvalue weighted by atomic mass is 16.3. The van der Waals surface area contributed by atoms with E-state index in [2.05, 4.69) is 5.32 Å². The van der Waals surface area contributed by atoms with Crippen molar-refractivity contribution in [3.05, 3.63) is 35.9 Å². The number of hydrogen-bond acceptors (Lipinski definition) is 3. The largest absolute Gasteiger partial charge is 0.394 e. The highest BCUT2D eigenvalue weighted by Gasteiger charge is 2.25. The summed E-state index contributed by atoms with van der Waals surface area (Å²) < 4.78 is 0. The van der Waals surface area contributed by atoms with Crippen LogP contribution in [0.2, 0.25) is 0 Å². The van der Waals surface area contributed by atoms with Crippen LogP contribution in [-0.4, -0.2) is 41.0 Å². The van der Waals surface area contributed by atoms with Gasteiger partial charge < -0.3 is 15.3 Å². The van der Waals surface area contributed by atoms with Crippen molar-refractivity contribution in [3.8, 4) is 0 Å². The van der Waals surface area contributed by atoms with Crippen LogP contribution in [0.3, 0.4) is 0 Å². The molecule has 5 heteroatoms. The Morgan fingerprint density at radius 3 is 2.37 bits per heavy atom.